The lowest BCUT2D eigenvalue weighted by Gasteiger charge is -2.26. The molecule has 204 valence electrons. The zero-order valence-electron chi connectivity index (χ0n) is 20.8. The van der Waals surface area contributed by atoms with E-state index in [1.165, 1.54) is 12.1 Å². The van der Waals surface area contributed by atoms with Gasteiger partial charge in [0, 0.05) is 66.0 Å². The number of alkyl halides is 3. The summed E-state index contributed by atoms with van der Waals surface area (Å²) in [7, 11) is 0. The molecule has 0 amide bonds. The van der Waals surface area contributed by atoms with Gasteiger partial charge in [0.25, 0.3) is 0 Å². The number of anilines is 1. The Hall–Kier alpha value is -4.42. The number of halogens is 5. The van der Waals surface area contributed by atoms with Gasteiger partial charge in [-0.25, -0.2) is 28.5 Å². The summed E-state index contributed by atoms with van der Waals surface area (Å²) in [4.78, 5) is 27.0. The van der Waals surface area contributed by atoms with Crippen LogP contribution in [0.4, 0.5) is 27.8 Å². The molecule has 5 rings (SSSR count). The van der Waals surface area contributed by atoms with Gasteiger partial charge in [-0.05, 0) is 44.5 Å². The molecule has 13 heteroatoms. The third-order valence-corrected chi connectivity index (χ3v) is 6.09. The Bertz CT molecular complexity index is 1490. The number of nitrogens with one attached hydrogen (secondary N) is 1. The molecule has 4 aromatic rings. The van der Waals surface area contributed by atoms with E-state index in [0.29, 0.717) is 23.6 Å². The number of hydrogen-bond donors (Lipinski definition) is 2. The molecule has 0 fully saturated rings. The van der Waals surface area contributed by atoms with Crippen molar-refractivity contribution >= 4 is 11.8 Å². The number of fused-ring (bicyclic) bond motifs is 1. The standard InChI is InChI=1S/C24H22F2N6.C2HF3O2/c1-14-15(2)28-24(16-4-3-9-27-11-16)31-23(14)29-18-6-8-22-30-21(13-32(22)12-18)19-7-5-17(25)10-20(19)26;3-2(4,5)1(6)7/h3-5,7,9-11,13,18H,6,8,12H2,1-2H3,(H,28,29,31);(H,6,7). The predicted molar refractivity (Wildman–Crippen MR) is 132 cm³/mol. The molecule has 1 aliphatic rings. The lowest BCUT2D eigenvalue weighted by Crippen LogP contribution is -2.31. The van der Waals surface area contributed by atoms with E-state index in [9.17, 15) is 22.0 Å². The summed E-state index contributed by atoms with van der Waals surface area (Å²) in [5, 5.41) is 10.7. The van der Waals surface area contributed by atoms with Gasteiger partial charge in [-0.2, -0.15) is 13.2 Å². The topological polar surface area (TPSA) is 106 Å². The second-order valence-corrected chi connectivity index (χ2v) is 8.85. The number of aryl methyl sites for hydroxylation is 2. The van der Waals surface area contributed by atoms with Crippen LogP contribution in [-0.2, 0) is 17.8 Å². The first kappa shape index (κ1) is 27.6. The van der Waals surface area contributed by atoms with E-state index in [4.69, 9.17) is 14.9 Å². The molecule has 4 heterocycles. The van der Waals surface area contributed by atoms with Crippen LogP contribution in [0.1, 0.15) is 23.5 Å². The van der Waals surface area contributed by atoms with Gasteiger partial charge in [0.05, 0.1) is 5.69 Å². The molecule has 0 bridgehead atoms. The summed E-state index contributed by atoms with van der Waals surface area (Å²) in [5.41, 5.74) is 3.61. The lowest BCUT2D eigenvalue weighted by atomic mass is 10.1. The second kappa shape index (κ2) is 11.1. The number of carbonyl (C=O) groups is 1. The molecular formula is C26H23F5N6O2. The molecule has 3 aromatic heterocycles. The number of hydrogen-bond acceptors (Lipinski definition) is 6. The van der Waals surface area contributed by atoms with Crippen molar-refractivity contribution < 1.29 is 31.9 Å². The first-order chi connectivity index (χ1) is 18.4. The first-order valence-electron chi connectivity index (χ1n) is 11.8. The van der Waals surface area contributed by atoms with Crippen molar-refractivity contribution in [1.82, 2.24) is 24.5 Å². The SMILES string of the molecule is Cc1nc(-c2cccnc2)nc(NC2CCc3nc(-c4ccc(F)cc4F)cn3C2)c1C.O=C(O)C(F)(F)F. The highest BCUT2D eigenvalue weighted by Crippen LogP contribution is 2.28. The van der Waals surface area contributed by atoms with Crippen LogP contribution in [0.25, 0.3) is 22.6 Å². The lowest BCUT2D eigenvalue weighted by molar-refractivity contribution is -0.192. The fourth-order valence-corrected chi connectivity index (χ4v) is 3.98. The maximum absolute atomic E-state index is 14.2. The summed E-state index contributed by atoms with van der Waals surface area (Å²) >= 11 is 0. The molecule has 0 spiro atoms. The minimum atomic E-state index is -5.08. The van der Waals surface area contributed by atoms with Crippen molar-refractivity contribution in [3.8, 4) is 22.6 Å². The van der Waals surface area contributed by atoms with Crippen LogP contribution in [0.5, 0.6) is 0 Å². The second-order valence-electron chi connectivity index (χ2n) is 8.85. The molecule has 1 atom stereocenters. The van der Waals surface area contributed by atoms with E-state index < -0.39 is 23.8 Å². The highest BCUT2D eigenvalue weighted by Gasteiger charge is 2.38. The Morgan fingerprint density at radius 3 is 2.51 bits per heavy atom. The normalized spacial score (nSPS) is 14.7. The van der Waals surface area contributed by atoms with Crippen molar-refractivity contribution in [1.29, 1.82) is 0 Å². The molecule has 8 nitrogen and oxygen atoms in total. The number of carboxylic acid groups (broad SMARTS) is 1. The van der Waals surface area contributed by atoms with Gasteiger partial charge in [0.1, 0.15) is 23.3 Å². The number of carboxylic acids is 1. The Morgan fingerprint density at radius 2 is 1.87 bits per heavy atom. The Morgan fingerprint density at radius 1 is 1.13 bits per heavy atom. The number of rotatable bonds is 4. The fraction of sp³-hybridized carbons (Fsp3) is 0.269. The van der Waals surface area contributed by atoms with Crippen LogP contribution in [0, 0.1) is 25.5 Å². The Balaban J connectivity index is 0.000000448. The average molecular weight is 547 g/mol. The van der Waals surface area contributed by atoms with Gasteiger partial charge >= 0.3 is 12.1 Å². The fourth-order valence-electron chi connectivity index (χ4n) is 3.98. The molecule has 0 saturated heterocycles. The van der Waals surface area contributed by atoms with Crippen molar-refractivity contribution in [3.63, 3.8) is 0 Å². The third kappa shape index (κ3) is 6.54. The summed E-state index contributed by atoms with van der Waals surface area (Å²) in [6, 6.07) is 7.51. The van der Waals surface area contributed by atoms with Gasteiger partial charge in [-0.1, -0.05) is 0 Å². The molecular weight excluding hydrogens is 523 g/mol. The third-order valence-electron chi connectivity index (χ3n) is 6.09. The molecule has 0 aliphatic carbocycles. The van der Waals surface area contributed by atoms with Gasteiger partial charge in [-0.15, -0.1) is 0 Å². The largest absolute Gasteiger partial charge is 0.490 e. The Kier molecular flexibility index (Phi) is 7.88. The van der Waals surface area contributed by atoms with E-state index in [-0.39, 0.29) is 6.04 Å². The van der Waals surface area contributed by atoms with Gasteiger partial charge in [0.2, 0.25) is 0 Å². The quantitative estimate of drug-likeness (QED) is 0.332. The first-order valence-corrected chi connectivity index (χ1v) is 11.8. The summed E-state index contributed by atoms with van der Waals surface area (Å²) in [6.45, 7) is 4.65. The van der Waals surface area contributed by atoms with Crippen molar-refractivity contribution in [2.75, 3.05) is 5.32 Å². The number of imidazole rings is 1. The summed E-state index contributed by atoms with van der Waals surface area (Å²) < 4.78 is 61.2. The van der Waals surface area contributed by atoms with E-state index in [0.717, 1.165) is 47.4 Å². The van der Waals surface area contributed by atoms with Crippen LogP contribution in [0.3, 0.4) is 0 Å². The minimum absolute atomic E-state index is 0.136. The van der Waals surface area contributed by atoms with Crippen molar-refractivity contribution in [2.24, 2.45) is 0 Å². The van der Waals surface area contributed by atoms with Gasteiger partial charge in [0.15, 0.2) is 5.82 Å². The minimum Gasteiger partial charge on any atom is -0.475 e. The zero-order valence-corrected chi connectivity index (χ0v) is 20.8. The monoisotopic (exact) mass is 546 g/mol. The van der Waals surface area contributed by atoms with Crippen molar-refractivity contribution in [3.05, 3.63) is 77.6 Å². The zero-order chi connectivity index (χ0) is 28.3. The van der Waals surface area contributed by atoms with Crippen LogP contribution in [0.15, 0.2) is 48.9 Å². The van der Waals surface area contributed by atoms with Gasteiger partial charge < -0.3 is 15.0 Å². The number of aromatic nitrogens is 5. The molecule has 2 N–H and O–H groups in total. The van der Waals surface area contributed by atoms with Gasteiger partial charge in [-0.3, -0.25) is 4.98 Å². The van der Waals surface area contributed by atoms with Crippen molar-refractivity contribution in [2.45, 2.75) is 45.5 Å². The van der Waals surface area contributed by atoms with E-state index in [2.05, 4.69) is 20.3 Å². The van der Waals surface area contributed by atoms with E-state index in [1.807, 2.05) is 36.7 Å². The number of aliphatic carboxylic acids is 1. The predicted octanol–water partition coefficient (Wildman–Crippen LogP) is 5.36. The van der Waals surface area contributed by atoms with Crippen LogP contribution in [-0.4, -0.2) is 47.8 Å². The maximum Gasteiger partial charge on any atom is 0.490 e. The highest BCUT2D eigenvalue weighted by atomic mass is 19.4. The highest BCUT2D eigenvalue weighted by molar-refractivity contribution is 5.73. The number of pyridine rings is 1. The van der Waals surface area contributed by atoms with Crippen LogP contribution < -0.4 is 5.32 Å². The smallest absolute Gasteiger partial charge is 0.475 e. The number of nitrogens with zero attached hydrogens (tertiary/aromatic N) is 5. The molecule has 1 aliphatic heterocycles. The van der Waals surface area contributed by atoms with Crippen LogP contribution in [0.2, 0.25) is 0 Å². The Labute approximate surface area is 219 Å². The summed E-state index contributed by atoms with van der Waals surface area (Å²) in [5.74, 6) is -1.63. The molecule has 1 aromatic carbocycles. The molecule has 0 radical (unpaired) electrons. The molecule has 1 unspecified atom stereocenters. The van der Waals surface area contributed by atoms with Crippen LogP contribution >= 0.6 is 0 Å². The molecule has 39 heavy (non-hydrogen) atoms. The van der Waals surface area contributed by atoms with E-state index in [1.54, 1.807) is 12.4 Å². The maximum atomic E-state index is 14.2. The number of benzene rings is 1. The van der Waals surface area contributed by atoms with E-state index >= 15 is 0 Å². The molecule has 0 saturated carbocycles. The summed E-state index contributed by atoms with van der Waals surface area (Å²) in [6.07, 6.45) is 1.84. The average Bonchev–Trinajstić information content (AvgIpc) is 3.30.